The van der Waals surface area contributed by atoms with E-state index in [2.05, 4.69) is 10.5 Å². The quantitative estimate of drug-likeness (QED) is 0.607. The minimum atomic E-state index is -0.0566. The molecule has 0 aliphatic carbocycles. The van der Waals surface area contributed by atoms with E-state index in [1.165, 1.54) is 0 Å². The minimum absolute atomic E-state index is 0.0566. The van der Waals surface area contributed by atoms with Crippen molar-refractivity contribution >= 4 is 16.8 Å². The molecule has 4 rings (SSSR count). The summed E-state index contributed by atoms with van der Waals surface area (Å²) in [5, 5.41) is 7.93. The molecular weight excluding hydrogens is 318 g/mol. The Labute approximate surface area is 144 Å². The van der Waals surface area contributed by atoms with Crippen molar-refractivity contribution in [2.24, 2.45) is 7.05 Å². The fraction of sp³-hybridized carbons (Fsp3) is 0.158. The molecule has 6 heteroatoms. The van der Waals surface area contributed by atoms with Gasteiger partial charge in [0.05, 0.1) is 19.2 Å². The second kappa shape index (κ2) is 6.32. The van der Waals surface area contributed by atoms with Crippen LogP contribution in [0.5, 0.6) is 0 Å². The Bertz CT molecular complexity index is 1010. The van der Waals surface area contributed by atoms with E-state index < -0.39 is 0 Å². The van der Waals surface area contributed by atoms with Gasteiger partial charge in [-0.3, -0.25) is 4.79 Å². The zero-order valence-electron chi connectivity index (χ0n) is 13.7. The monoisotopic (exact) mass is 335 g/mol. The van der Waals surface area contributed by atoms with E-state index >= 15 is 0 Å². The predicted octanol–water partition coefficient (Wildman–Crippen LogP) is 3.29. The average molecular weight is 335 g/mol. The van der Waals surface area contributed by atoms with Crippen LogP contribution in [0.3, 0.4) is 0 Å². The first-order chi connectivity index (χ1) is 12.2. The molecule has 0 aliphatic heterocycles. The first-order valence-electron chi connectivity index (χ1n) is 8.00. The number of amides is 1. The molecule has 0 fully saturated rings. The maximum Gasteiger partial charge on any atom is 0.224 e. The molecule has 0 unspecified atom stereocenters. The molecule has 1 aromatic carbocycles. The SMILES string of the molecule is Cn1cc(CC(=O)NCc2cc(-c3ccco3)on2)c2ccccc21. The van der Waals surface area contributed by atoms with Gasteiger partial charge in [-0.15, -0.1) is 0 Å². The summed E-state index contributed by atoms with van der Waals surface area (Å²) >= 11 is 0. The normalized spacial score (nSPS) is 11.1. The Kier molecular flexibility index (Phi) is 3.85. The number of nitrogens with zero attached hydrogens (tertiary/aromatic N) is 2. The first-order valence-corrected chi connectivity index (χ1v) is 8.00. The van der Waals surface area contributed by atoms with Gasteiger partial charge < -0.3 is 18.8 Å². The van der Waals surface area contributed by atoms with Crippen molar-refractivity contribution in [3.05, 3.63) is 66.2 Å². The number of benzene rings is 1. The number of carbonyl (C=O) groups excluding carboxylic acids is 1. The largest absolute Gasteiger partial charge is 0.461 e. The first kappa shape index (κ1) is 15.3. The number of aromatic nitrogens is 2. The summed E-state index contributed by atoms with van der Waals surface area (Å²) in [6.45, 7) is 0.313. The molecule has 0 atom stereocenters. The van der Waals surface area contributed by atoms with Gasteiger partial charge in [-0.25, -0.2) is 0 Å². The van der Waals surface area contributed by atoms with Gasteiger partial charge in [0.1, 0.15) is 5.69 Å². The van der Waals surface area contributed by atoms with E-state index in [-0.39, 0.29) is 5.91 Å². The van der Waals surface area contributed by atoms with Crippen LogP contribution in [0.4, 0.5) is 0 Å². The summed E-state index contributed by atoms with van der Waals surface area (Å²) in [5.41, 5.74) is 2.77. The van der Waals surface area contributed by atoms with Crippen LogP contribution in [0.15, 0.2) is 63.9 Å². The van der Waals surface area contributed by atoms with Gasteiger partial charge in [0.2, 0.25) is 11.7 Å². The lowest BCUT2D eigenvalue weighted by Gasteiger charge is -2.02. The third-order valence-corrected chi connectivity index (χ3v) is 4.12. The van der Waals surface area contributed by atoms with Crippen LogP contribution in [0, 0.1) is 0 Å². The Morgan fingerprint density at radius 2 is 2.08 bits per heavy atom. The fourth-order valence-corrected chi connectivity index (χ4v) is 2.92. The summed E-state index contributed by atoms with van der Waals surface area (Å²) in [5.74, 6) is 1.10. The predicted molar refractivity (Wildman–Crippen MR) is 92.7 cm³/mol. The average Bonchev–Trinajstić information content (AvgIpc) is 3.34. The maximum atomic E-state index is 12.3. The van der Waals surface area contributed by atoms with Gasteiger partial charge in [0.15, 0.2) is 5.76 Å². The van der Waals surface area contributed by atoms with Crippen LogP contribution < -0.4 is 5.32 Å². The van der Waals surface area contributed by atoms with Crippen molar-refractivity contribution in [2.75, 3.05) is 0 Å². The Morgan fingerprint density at radius 1 is 1.20 bits per heavy atom. The molecule has 25 heavy (non-hydrogen) atoms. The van der Waals surface area contributed by atoms with E-state index in [0.29, 0.717) is 30.2 Å². The van der Waals surface area contributed by atoms with Gasteiger partial charge >= 0.3 is 0 Å². The van der Waals surface area contributed by atoms with Crippen LogP contribution >= 0.6 is 0 Å². The van der Waals surface area contributed by atoms with Crippen LogP contribution in [0.1, 0.15) is 11.3 Å². The highest BCUT2D eigenvalue weighted by atomic mass is 16.5. The molecule has 0 saturated heterocycles. The Balaban J connectivity index is 1.41. The fourth-order valence-electron chi connectivity index (χ4n) is 2.92. The van der Waals surface area contributed by atoms with Crippen LogP contribution in [-0.4, -0.2) is 15.6 Å². The number of hydrogen-bond acceptors (Lipinski definition) is 4. The molecule has 6 nitrogen and oxygen atoms in total. The van der Waals surface area contributed by atoms with Crippen molar-refractivity contribution in [3.63, 3.8) is 0 Å². The van der Waals surface area contributed by atoms with Gasteiger partial charge in [-0.2, -0.15) is 0 Å². The van der Waals surface area contributed by atoms with Gasteiger partial charge in [0.25, 0.3) is 0 Å². The highest BCUT2D eigenvalue weighted by molar-refractivity contribution is 5.89. The molecule has 1 N–H and O–H groups in total. The molecule has 126 valence electrons. The number of furan rings is 1. The summed E-state index contributed by atoms with van der Waals surface area (Å²) in [6, 6.07) is 13.4. The minimum Gasteiger partial charge on any atom is -0.461 e. The summed E-state index contributed by atoms with van der Waals surface area (Å²) in [6.07, 6.45) is 3.89. The number of nitrogens with one attached hydrogen (secondary N) is 1. The molecule has 0 aliphatic rings. The van der Waals surface area contributed by atoms with Gasteiger partial charge in [0, 0.05) is 30.2 Å². The summed E-state index contributed by atoms with van der Waals surface area (Å²) in [7, 11) is 1.98. The highest BCUT2D eigenvalue weighted by Crippen LogP contribution is 2.21. The maximum absolute atomic E-state index is 12.3. The molecule has 0 radical (unpaired) electrons. The second-order valence-corrected chi connectivity index (χ2v) is 5.90. The second-order valence-electron chi connectivity index (χ2n) is 5.90. The number of hydrogen-bond donors (Lipinski definition) is 1. The molecule has 3 aromatic heterocycles. The number of rotatable bonds is 5. The van der Waals surface area contributed by atoms with Gasteiger partial charge in [-0.1, -0.05) is 23.4 Å². The van der Waals surface area contributed by atoms with Crippen molar-refractivity contribution in [1.29, 1.82) is 0 Å². The van der Waals surface area contributed by atoms with E-state index in [1.54, 1.807) is 24.5 Å². The lowest BCUT2D eigenvalue weighted by atomic mass is 10.1. The lowest BCUT2D eigenvalue weighted by Crippen LogP contribution is -2.24. The smallest absolute Gasteiger partial charge is 0.224 e. The van der Waals surface area contributed by atoms with Crippen LogP contribution in [-0.2, 0) is 24.8 Å². The zero-order valence-corrected chi connectivity index (χ0v) is 13.7. The number of carbonyl (C=O) groups is 1. The lowest BCUT2D eigenvalue weighted by molar-refractivity contribution is -0.120. The third-order valence-electron chi connectivity index (χ3n) is 4.12. The Hall–Kier alpha value is -3.28. The van der Waals surface area contributed by atoms with Crippen molar-refractivity contribution < 1.29 is 13.7 Å². The Morgan fingerprint density at radius 3 is 2.92 bits per heavy atom. The molecular formula is C19H17N3O3. The molecule has 0 spiro atoms. The number of para-hydroxylation sites is 1. The van der Waals surface area contributed by atoms with Gasteiger partial charge in [-0.05, 0) is 23.8 Å². The topological polar surface area (TPSA) is 73.2 Å². The number of aryl methyl sites for hydroxylation is 1. The molecule has 1 amide bonds. The van der Waals surface area contributed by atoms with E-state index in [9.17, 15) is 4.79 Å². The van der Waals surface area contributed by atoms with Crippen LogP contribution in [0.25, 0.3) is 22.4 Å². The van der Waals surface area contributed by atoms with E-state index in [0.717, 1.165) is 16.5 Å². The van der Waals surface area contributed by atoms with Crippen molar-refractivity contribution in [2.45, 2.75) is 13.0 Å². The molecule has 3 heterocycles. The number of fused-ring (bicyclic) bond motifs is 1. The molecule has 4 aromatic rings. The third kappa shape index (κ3) is 3.06. The summed E-state index contributed by atoms with van der Waals surface area (Å²) < 4.78 is 12.5. The standard InChI is InChI=1S/C19H17N3O3/c1-22-12-13(15-5-2-3-6-16(15)22)9-19(23)20-11-14-10-18(25-21-14)17-7-4-8-24-17/h2-8,10,12H,9,11H2,1H3,(H,20,23). The summed E-state index contributed by atoms with van der Waals surface area (Å²) in [4.78, 5) is 12.3. The van der Waals surface area contributed by atoms with E-state index in [4.69, 9.17) is 8.94 Å². The molecule has 0 saturated carbocycles. The van der Waals surface area contributed by atoms with Crippen LogP contribution in [0.2, 0.25) is 0 Å². The zero-order chi connectivity index (χ0) is 17.2. The highest BCUT2D eigenvalue weighted by Gasteiger charge is 2.12. The van der Waals surface area contributed by atoms with Crippen molar-refractivity contribution in [1.82, 2.24) is 15.0 Å². The van der Waals surface area contributed by atoms with Crippen molar-refractivity contribution in [3.8, 4) is 11.5 Å². The van der Waals surface area contributed by atoms with E-state index in [1.807, 2.05) is 42.1 Å². The molecule has 0 bridgehead atoms.